The third kappa shape index (κ3) is 4.07. The SMILES string of the molecule is COCCc1noc(CNC(=O)C2(c3ccccc3)CCCCC2)n1. The van der Waals surface area contributed by atoms with E-state index in [1.807, 2.05) is 18.2 Å². The van der Waals surface area contributed by atoms with Gasteiger partial charge in [0, 0.05) is 13.5 Å². The Morgan fingerprint density at radius 3 is 2.72 bits per heavy atom. The summed E-state index contributed by atoms with van der Waals surface area (Å²) in [6.07, 6.45) is 5.70. The Kier molecular flexibility index (Phi) is 5.81. The first-order valence-electron chi connectivity index (χ1n) is 8.89. The average molecular weight is 343 g/mol. The lowest BCUT2D eigenvalue weighted by molar-refractivity contribution is -0.128. The van der Waals surface area contributed by atoms with Crippen molar-refractivity contribution in [2.24, 2.45) is 0 Å². The van der Waals surface area contributed by atoms with Crippen molar-refractivity contribution in [2.75, 3.05) is 13.7 Å². The van der Waals surface area contributed by atoms with Crippen LogP contribution in [0.15, 0.2) is 34.9 Å². The van der Waals surface area contributed by atoms with Crippen molar-refractivity contribution < 1.29 is 14.1 Å². The number of nitrogens with zero attached hydrogens (tertiary/aromatic N) is 2. The first-order valence-corrected chi connectivity index (χ1v) is 8.89. The van der Waals surface area contributed by atoms with Crippen LogP contribution < -0.4 is 5.32 Å². The van der Waals surface area contributed by atoms with E-state index < -0.39 is 5.41 Å². The fourth-order valence-electron chi connectivity index (χ4n) is 3.54. The molecular formula is C19H25N3O3. The van der Waals surface area contributed by atoms with Crippen molar-refractivity contribution in [2.45, 2.75) is 50.5 Å². The summed E-state index contributed by atoms with van der Waals surface area (Å²) in [4.78, 5) is 17.3. The summed E-state index contributed by atoms with van der Waals surface area (Å²) in [5.41, 5.74) is 0.650. The maximum atomic E-state index is 13.1. The zero-order valence-electron chi connectivity index (χ0n) is 14.7. The molecule has 1 aromatic carbocycles. The molecule has 1 saturated carbocycles. The molecule has 0 saturated heterocycles. The molecule has 6 heteroatoms. The second-order valence-electron chi connectivity index (χ2n) is 6.54. The molecule has 0 bridgehead atoms. The summed E-state index contributed by atoms with van der Waals surface area (Å²) < 4.78 is 10.2. The van der Waals surface area contributed by atoms with Gasteiger partial charge in [-0.05, 0) is 18.4 Å². The van der Waals surface area contributed by atoms with Crippen molar-refractivity contribution in [1.82, 2.24) is 15.5 Å². The molecule has 0 aliphatic heterocycles. The summed E-state index contributed by atoms with van der Waals surface area (Å²) in [5, 5.41) is 6.91. The summed E-state index contributed by atoms with van der Waals surface area (Å²) in [7, 11) is 1.63. The quantitative estimate of drug-likeness (QED) is 0.836. The lowest BCUT2D eigenvalue weighted by Crippen LogP contribution is -2.45. The number of aromatic nitrogens is 2. The minimum Gasteiger partial charge on any atom is -0.384 e. The second-order valence-corrected chi connectivity index (χ2v) is 6.54. The van der Waals surface area contributed by atoms with Crippen molar-refractivity contribution in [1.29, 1.82) is 0 Å². The monoisotopic (exact) mass is 343 g/mol. The van der Waals surface area contributed by atoms with Crippen molar-refractivity contribution >= 4 is 5.91 Å². The van der Waals surface area contributed by atoms with Gasteiger partial charge in [0.05, 0.1) is 18.6 Å². The molecule has 0 unspecified atom stereocenters. The molecule has 0 atom stereocenters. The topological polar surface area (TPSA) is 77.3 Å². The molecule has 6 nitrogen and oxygen atoms in total. The molecule has 1 N–H and O–H groups in total. The lowest BCUT2D eigenvalue weighted by atomic mass is 9.68. The Morgan fingerprint density at radius 1 is 1.24 bits per heavy atom. The van der Waals surface area contributed by atoms with Gasteiger partial charge in [0.15, 0.2) is 5.82 Å². The van der Waals surface area contributed by atoms with Crippen LogP contribution in [0.3, 0.4) is 0 Å². The second kappa shape index (κ2) is 8.25. The molecule has 1 aliphatic carbocycles. The van der Waals surface area contributed by atoms with E-state index in [0.717, 1.165) is 31.2 Å². The number of methoxy groups -OCH3 is 1. The molecule has 134 valence electrons. The van der Waals surface area contributed by atoms with Gasteiger partial charge in [0.25, 0.3) is 0 Å². The van der Waals surface area contributed by atoms with Crippen LogP contribution >= 0.6 is 0 Å². The number of benzene rings is 1. The van der Waals surface area contributed by atoms with E-state index in [1.165, 1.54) is 6.42 Å². The number of carbonyl (C=O) groups is 1. The van der Waals surface area contributed by atoms with E-state index in [-0.39, 0.29) is 12.5 Å². The Bertz CT molecular complexity index is 678. The molecule has 3 rings (SSSR count). The van der Waals surface area contributed by atoms with Gasteiger partial charge < -0.3 is 14.6 Å². The largest absolute Gasteiger partial charge is 0.384 e. The third-order valence-corrected chi connectivity index (χ3v) is 4.91. The molecule has 1 heterocycles. The number of ether oxygens (including phenoxy) is 1. The van der Waals surface area contributed by atoms with Gasteiger partial charge in [-0.25, -0.2) is 0 Å². The predicted octanol–water partition coefficient (Wildman–Crippen LogP) is 2.78. The van der Waals surface area contributed by atoms with E-state index >= 15 is 0 Å². The normalized spacial score (nSPS) is 16.5. The Labute approximate surface area is 148 Å². The van der Waals surface area contributed by atoms with Gasteiger partial charge in [-0.3, -0.25) is 4.79 Å². The number of carbonyl (C=O) groups excluding carboxylic acids is 1. The maximum Gasteiger partial charge on any atom is 0.246 e. The smallest absolute Gasteiger partial charge is 0.246 e. The van der Waals surface area contributed by atoms with Crippen molar-refractivity contribution in [3.63, 3.8) is 0 Å². The highest BCUT2D eigenvalue weighted by Gasteiger charge is 2.40. The standard InChI is InChI=1S/C19H25N3O3/c1-24-13-10-16-21-17(25-22-16)14-20-18(23)19(11-6-3-7-12-19)15-8-4-2-5-9-15/h2,4-5,8-9H,3,6-7,10-14H2,1H3,(H,20,23). The maximum absolute atomic E-state index is 13.1. The molecule has 0 spiro atoms. The first kappa shape index (κ1) is 17.6. The number of hydrogen-bond donors (Lipinski definition) is 1. The highest BCUT2D eigenvalue weighted by atomic mass is 16.5. The summed E-state index contributed by atoms with van der Waals surface area (Å²) in [6, 6.07) is 10.1. The van der Waals surface area contributed by atoms with Crippen molar-refractivity contribution in [3.05, 3.63) is 47.6 Å². The van der Waals surface area contributed by atoms with Gasteiger partial charge in [-0.1, -0.05) is 54.8 Å². The minimum atomic E-state index is -0.446. The zero-order chi connectivity index (χ0) is 17.5. The number of rotatable bonds is 7. The number of amides is 1. The van der Waals surface area contributed by atoms with Crippen LogP contribution in [0.4, 0.5) is 0 Å². The molecule has 1 aliphatic rings. The molecule has 1 fully saturated rings. The highest BCUT2D eigenvalue weighted by molar-refractivity contribution is 5.88. The number of nitrogens with one attached hydrogen (secondary N) is 1. The van der Waals surface area contributed by atoms with Gasteiger partial charge in [0.2, 0.25) is 11.8 Å². The average Bonchev–Trinajstić information content (AvgIpc) is 3.13. The summed E-state index contributed by atoms with van der Waals surface area (Å²) >= 11 is 0. The van der Waals surface area contributed by atoms with Crippen LogP contribution in [0.25, 0.3) is 0 Å². The predicted molar refractivity (Wildman–Crippen MR) is 92.9 cm³/mol. The highest BCUT2D eigenvalue weighted by Crippen LogP contribution is 2.39. The Morgan fingerprint density at radius 2 is 2.00 bits per heavy atom. The Balaban J connectivity index is 1.68. The van der Waals surface area contributed by atoms with Crippen LogP contribution in [0, 0.1) is 0 Å². The molecule has 1 amide bonds. The molecule has 1 aromatic heterocycles. The van der Waals surface area contributed by atoms with E-state index in [9.17, 15) is 4.79 Å². The molecule has 25 heavy (non-hydrogen) atoms. The van der Waals surface area contributed by atoms with Crippen LogP contribution in [0.5, 0.6) is 0 Å². The van der Waals surface area contributed by atoms with Crippen LogP contribution in [0.1, 0.15) is 49.4 Å². The van der Waals surface area contributed by atoms with Crippen LogP contribution in [-0.4, -0.2) is 29.8 Å². The number of hydrogen-bond acceptors (Lipinski definition) is 5. The van der Waals surface area contributed by atoms with E-state index in [1.54, 1.807) is 7.11 Å². The van der Waals surface area contributed by atoms with Gasteiger partial charge in [0.1, 0.15) is 0 Å². The van der Waals surface area contributed by atoms with Gasteiger partial charge in [-0.15, -0.1) is 0 Å². The van der Waals surface area contributed by atoms with Crippen LogP contribution in [-0.2, 0) is 27.9 Å². The van der Waals surface area contributed by atoms with Crippen molar-refractivity contribution in [3.8, 4) is 0 Å². The molecule has 0 radical (unpaired) electrons. The van der Waals surface area contributed by atoms with E-state index in [0.29, 0.717) is 24.7 Å². The fraction of sp³-hybridized carbons (Fsp3) is 0.526. The van der Waals surface area contributed by atoms with E-state index in [4.69, 9.17) is 9.26 Å². The first-order chi connectivity index (χ1) is 12.2. The fourth-order valence-corrected chi connectivity index (χ4v) is 3.54. The molecular weight excluding hydrogens is 318 g/mol. The minimum absolute atomic E-state index is 0.0510. The van der Waals surface area contributed by atoms with Gasteiger partial charge >= 0.3 is 0 Å². The molecule has 2 aromatic rings. The van der Waals surface area contributed by atoms with Crippen LogP contribution in [0.2, 0.25) is 0 Å². The zero-order valence-corrected chi connectivity index (χ0v) is 14.7. The summed E-state index contributed by atoms with van der Waals surface area (Å²) in [6.45, 7) is 0.801. The summed E-state index contributed by atoms with van der Waals surface area (Å²) in [5.74, 6) is 1.08. The third-order valence-electron chi connectivity index (χ3n) is 4.91. The lowest BCUT2D eigenvalue weighted by Gasteiger charge is -2.36. The van der Waals surface area contributed by atoms with Gasteiger partial charge in [-0.2, -0.15) is 4.98 Å². The Hall–Kier alpha value is -2.21. The van der Waals surface area contributed by atoms with E-state index in [2.05, 4.69) is 27.6 Å².